The highest BCUT2D eigenvalue weighted by Crippen LogP contribution is 2.25. The van der Waals surface area contributed by atoms with Crippen molar-refractivity contribution < 1.29 is 0 Å². The summed E-state index contributed by atoms with van der Waals surface area (Å²) in [5.41, 5.74) is 1.08. The molecule has 1 aromatic carbocycles. The zero-order valence-electron chi connectivity index (χ0n) is 13.2. The van der Waals surface area contributed by atoms with E-state index in [0.717, 1.165) is 22.2 Å². The van der Waals surface area contributed by atoms with Gasteiger partial charge in [0.25, 0.3) is 0 Å². The van der Waals surface area contributed by atoms with Crippen molar-refractivity contribution in [1.82, 2.24) is 15.2 Å². The minimum absolute atomic E-state index is 0.527. The first kappa shape index (κ1) is 15.7. The normalized spacial score (nSPS) is 21.7. The van der Waals surface area contributed by atoms with E-state index in [1.165, 1.54) is 30.4 Å². The summed E-state index contributed by atoms with van der Waals surface area (Å²) >= 11 is 7.33. The summed E-state index contributed by atoms with van der Waals surface area (Å²) in [7, 11) is 2.05. The van der Waals surface area contributed by atoms with E-state index in [4.69, 9.17) is 12.2 Å². The molecule has 0 unspecified atom stereocenters. The second kappa shape index (κ2) is 6.92. The number of thiazole rings is 1. The molecule has 22 heavy (non-hydrogen) atoms. The molecule has 0 bridgehead atoms. The molecule has 0 amide bonds. The lowest BCUT2D eigenvalue weighted by Gasteiger charge is -2.32. The molecule has 1 N–H and O–H groups in total. The van der Waals surface area contributed by atoms with E-state index in [0.29, 0.717) is 12.0 Å². The van der Waals surface area contributed by atoms with Crippen molar-refractivity contribution in [3.8, 4) is 0 Å². The van der Waals surface area contributed by atoms with Crippen LogP contribution in [0.3, 0.4) is 0 Å². The molecular weight excluding hydrogens is 310 g/mol. The Morgan fingerprint density at radius 2 is 2.14 bits per heavy atom. The van der Waals surface area contributed by atoms with E-state index >= 15 is 0 Å². The summed E-state index contributed by atoms with van der Waals surface area (Å²) in [6, 6.07) is 8.81. The third-order valence-electron chi connectivity index (χ3n) is 4.48. The number of para-hydroxylation sites is 1. The topological polar surface area (TPSA) is 28.2 Å². The summed E-state index contributed by atoms with van der Waals surface area (Å²) in [5.74, 6) is 0.711. The van der Waals surface area contributed by atoms with Gasteiger partial charge in [0.1, 0.15) is 5.01 Å². The van der Waals surface area contributed by atoms with E-state index in [9.17, 15) is 0 Å². The van der Waals surface area contributed by atoms with Gasteiger partial charge in [-0.2, -0.15) is 0 Å². The summed E-state index contributed by atoms with van der Waals surface area (Å²) in [6.45, 7) is 3.10. The van der Waals surface area contributed by atoms with Crippen molar-refractivity contribution in [1.29, 1.82) is 0 Å². The molecule has 0 radical (unpaired) electrons. The van der Waals surface area contributed by atoms with Crippen molar-refractivity contribution in [2.45, 2.75) is 45.2 Å². The molecule has 0 aliphatic heterocycles. The average Bonchev–Trinajstić information content (AvgIpc) is 2.91. The molecule has 1 aromatic heterocycles. The number of thiocarbonyl (C=S) groups is 1. The summed E-state index contributed by atoms with van der Waals surface area (Å²) in [6.07, 6.45) is 5.21. The fourth-order valence-corrected chi connectivity index (χ4v) is 4.30. The Bertz CT molecular complexity index is 619. The van der Waals surface area contributed by atoms with Gasteiger partial charge in [-0.15, -0.1) is 11.3 Å². The van der Waals surface area contributed by atoms with Crippen LogP contribution in [0.2, 0.25) is 0 Å². The number of hydrogen-bond donors (Lipinski definition) is 1. The largest absolute Gasteiger partial charge is 0.360 e. The molecule has 1 heterocycles. The summed E-state index contributed by atoms with van der Waals surface area (Å²) in [4.78, 5) is 6.79. The van der Waals surface area contributed by atoms with Gasteiger partial charge in [-0.05, 0) is 43.1 Å². The van der Waals surface area contributed by atoms with Crippen molar-refractivity contribution >= 4 is 38.9 Å². The molecule has 3 rings (SSSR count). The van der Waals surface area contributed by atoms with Crippen LogP contribution in [0.25, 0.3) is 10.2 Å². The van der Waals surface area contributed by atoms with Crippen LogP contribution in [0.15, 0.2) is 24.3 Å². The second-order valence-corrected chi connectivity index (χ2v) is 7.75. The SMILES string of the molecule is C[C@@H]1CCCC[C@H]1NC(=S)N(C)Cc1nc2ccccc2s1. The molecule has 1 aliphatic carbocycles. The van der Waals surface area contributed by atoms with Crippen LogP contribution >= 0.6 is 23.6 Å². The Hall–Kier alpha value is -1.20. The van der Waals surface area contributed by atoms with E-state index in [-0.39, 0.29) is 0 Å². The molecule has 0 spiro atoms. The fraction of sp³-hybridized carbons (Fsp3) is 0.529. The van der Waals surface area contributed by atoms with Crippen molar-refractivity contribution in [3.63, 3.8) is 0 Å². The first-order valence-corrected chi connectivity index (χ1v) is 9.22. The van der Waals surface area contributed by atoms with Crippen LogP contribution in [0.4, 0.5) is 0 Å². The Balaban J connectivity index is 1.60. The monoisotopic (exact) mass is 333 g/mol. The van der Waals surface area contributed by atoms with Crippen molar-refractivity contribution in [2.24, 2.45) is 5.92 Å². The molecule has 3 nitrogen and oxygen atoms in total. The summed E-state index contributed by atoms with van der Waals surface area (Å²) < 4.78 is 1.24. The van der Waals surface area contributed by atoms with Crippen LogP contribution in [0, 0.1) is 5.92 Å². The van der Waals surface area contributed by atoms with Crippen LogP contribution in [0.1, 0.15) is 37.6 Å². The molecular formula is C17H23N3S2. The number of nitrogens with zero attached hydrogens (tertiary/aromatic N) is 2. The van der Waals surface area contributed by atoms with E-state index in [1.54, 1.807) is 11.3 Å². The zero-order valence-corrected chi connectivity index (χ0v) is 14.8. The van der Waals surface area contributed by atoms with Crippen molar-refractivity contribution in [3.05, 3.63) is 29.3 Å². The average molecular weight is 334 g/mol. The maximum absolute atomic E-state index is 5.58. The van der Waals surface area contributed by atoms with Gasteiger partial charge in [0, 0.05) is 13.1 Å². The van der Waals surface area contributed by atoms with Gasteiger partial charge in [-0.25, -0.2) is 4.98 Å². The van der Waals surface area contributed by atoms with Gasteiger partial charge in [-0.3, -0.25) is 0 Å². The lowest BCUT2D eigenvalue weighted by atomic mass is 9.86. The molecule has 1 aliphatic rings. The van der Waals surface area contributed by atoms with Gasteiger partial charge in [0.2, 0.25) is 0 Å². The summed E-state index contributed by atoms with van der Waals surface area (Å²) in [5, 5.41) is 5.52. The molecule has 2 atom stereocenters. The Morgan fingerprint density at radius 1 is 1.36 bits per heavy atom. The standard InChI is InChI=1S/C17H23N3S2/c1-12-7-3-4-8-13(12)19-17(21)20(2)11-16-18-14-9-5-6-10-15(14)22-16/h5-6,9-10,12-13H,3-4,7-8,11H2,1-2H3,(H,19,21)/t12-,13-/m1/s1. The Morgan fingerprint density at radius 3 is 2.91 bits per heavy atom. The predicted molar refractivity (Wildman–Crippen MR) is 98.2 cm³/mol. The first-order valence-electron chi connectivity index (χ1n) is 7.99. The number of aromatic nitrogens is 1. The van der Waals surface area contributed by atoms with Gasteiger partial charge < -0.3 is 10.2 Å². The third kappa shape index (κ3) is 3.58. The van der Waals surface area contributed by atoms with E-state index in [1.807, 2.05) is 6.07 Å². The van der Waals surface area contributed by atoms with Crippen LogP contribution < -0.4 is 5.32 Å². The van der Waals surface area contributed by atoms with E-state index in [2.05, 4.69) is 47.4 Å². The number of rotatable bonds is 3. The third-order valence-corrected chi connectivity index (χ3v) is 5.93. The first-order chi connectivity index (χ1) is 10.6. The highest BCUT2D eigenvalue weighted by Gasteiger charge is 2.22. The Labute approximate surface area is 141 Å². The number of hydrogen-bond acceptors (Lipinski definition) is 3. The van der Waals surface area contributed by atoms with E-state index < -0.39 is 0 Å². The molecule has 1 fully saturated rings. The highest BCUT2D eigenvalue weighted by molar-refractivity contribution is 7.80. The quantitative estimate of drug-likeness (QED) is 0.853. The predicted octanol–water partition coefficient (Wildman–Crippen LogP) is 4.18. The lowest BCUT2D eigenvalue weighted by Crippen LogP contribution is -2.46. The molecule has 1 saturated carbocycles. The van der Waals surface area contributed by atoms with Crippen LogP contribution in [-0.4, -0.2) is 28.1 Å². The zero-order chi connectivity index (χ0) is 15.5. The fourth-order valence-electron chi connectivity index (χ4n) is 3.06. The maximum atomic E-state index is 5.58. The molecule has 0 saturated heterocycles. The highest BCUT2D eigenvalue weighted by atomic mass is 32.1. The van der Waals surface area contributed by atoms with Crippen LogP contribution in [-0.2, 0) is 6.54 Å². The van der Waals surface area contributed by atoms with Gasteiger partial charge in [-0.1, -0.05) is 31.9 Å². The van der Waals surface area contributed by atoms with Gasteiger partial charge in [0.05, 0.1) is 16.8 Å². The van der Waals surface area contributed by atoms with Crippen LogP contribution in [0.5, 0.6) is 0 Å². The second-order valence-electron chi connectivity index (χ2n) is 6.25. The van der Waals surface area contributed by atoms with Crippen molar-refractivity contribution in [2.75, 3.05) is 7.05 Å². The number of nitrogens with one attached hydrogen (secondary N) is 1. The molecule has 5 heteroatoms. The lowest BCUT2D eigenvalue weighted by molar-refractivity contribution is 0.300. The number of fused-ring (bicyclic) bond motifs is 1. The number of benzene rings is 1. The maximum Gasteiger partial charge on any atom is 0.169 e. The van der Waals surface area contributed by atoms with Gasteiger partial charge >= 0.3 is 0 Å². The smallest absolute Gasteiger partial charge is 0.169 e. The molecule has 118 valence electrons. The Kier molecular flexibility index (Phi) is 4.93. The molecule has 2 aromatic rings. The minimum atomic E-state index is 0.527. The van der Waals surface area contributed by atoms with Gasteiger partial charge in [0.15, 0.2) is 5.11 Å². The minimum Gasteiger partial charge on any atom is -0.360 e.